The summed E-state index contributed by atoms with van der Waals surface area (Å²) < 4.78 is 10.7. The molecule has 0 unspecified atom stereocenters. The lowest BCUT2D eigenvalue weighted by Crippen LogP contribution is -2.26. The Morgan fingerprint density at radius 3 is 2.06 bits per heavy atom. The molecule has 0 saturated carbocycles. The van der Waals surface area contributed by atoms with Gasteiger partial charge in [-0.15, -0.1) is 0 Å². The Balaban J connectivity index is 3.61. The second-order valence-electron chi connectivity index (χ2n) is 4.77. The first-order valence-electron chi connectivity index (χ1n) is 5.81. The molecular formula is C11H22O4Si2. The number of hydrogen-bond acceptors (Lipinski definition) is 4. The average molecular weight is 274 g/mol. The molecule has 0 saturated heterocycles. The van der Waals surface area contributed by atoms with Gasteiger partial charge in [0, 0.05) is 26.1 Å². The molecule has 17 heavy (non-hydrogen) atoms. The van der Waals surface area contributed by atoms with E-state index in [4.69, 9.17) is 8.85 Å². The van der Waals surface area contributed by atoms with Gasteiger partial charge in [-0.25, -0.2) is 0 Å². The lowest BCUT2D eigenvalue weighted by Gasteiger charge is -2.16. The van der Waals surface area contributed by atoms with Gasteiger partial charge in [0.1, 0.15) is 11.6 Å². The predicted octanol–water partition coefficient (Wildman–Crippen LogP) is 1.83. The van der Waals surface area contributed by atoms with Crippen molar-refractivity contribution in [2.24, 2.45) is 0 Å². The monoisotopic (exact) mass is 274 g/mol. The lowest BCUT2D eigenvalue weighted by molar-refractivity contribution is -0.127. The molecule has 0 aliphatic carbocycles. The summed E-state index contributed by atoms with van der Waals surface area (Å²) in [7, 11) is -1.15. The number of Topliss-reactive ketones (excluding diaryl/α,β-unsaturated/α-hetero) is 2. The van der Waals surface area contributed by atoms with E-state index in [2.05, 4.69) is 19.6 Å². The molecule has 4 nitrogen and oxygen atoms in total. The van der Waals surface area contributed by atoms with Crippen LogP contribution in [0.3, 0.4) is 0 Å². The van der Waals surface area contributed by atoms with Gasteiger partial charge in [-0.1, -0.05) is 0 Å². The van der Waals surface area contributed by atoms with Crippen molar-refractivity contribution in [3.63, 3.8) is 0 Å². The summed E-state index contributed by atoms with van der Waals surface area (Å²) >= 11 is 0. The fraction of sp³-hybridized carbons (Fsp3) is 0.818. The summed E-state index contributed by atoms with van der Waals surface area (Å²) in [5.41, 5.74) is 0. The lowest BCUT2D eigenvalue weighted by atomic mass is 10.1. The minimum Gasteiger partial charge on any atom is -0.417 e. The van der Waals surface area contributed by atoms with Crippen LogP contribution in [0.1, 0.15) is 19.3 Å². The van der Waals surface area contributed by atoms with Crippen LogP contribution in [0.5, 0.6) is 0 Å². The fourth-order valence-electron chi connectivity index (χ4n) is 1.13. The van der Waals surface area contributed by atoms with Gasteiger partial charge >= 0.3 is 0 Å². The molecule has 0 aliphatic rings. The molecule has 0 rings (SSSR count). The van der Waals surface area contributed by atoms with Crippen LogP contribution in [-0.2, 0) is 18.4 Å². The molecule has 6 heteroatoms. The number of hydrogen-bond donors (Lipinski definition) is 0. The molecule has 98 valence electrons. The van der Waals surface area contributed by atoms with Crippen LogP contribution in [0.2, 0.25) is 26.2 Å². The normalized spacial score (nSPS) is 11.5. The maximum absolute atomic E-state index is 11.4. The smallest absolute Gasteiger partial charge is 0.226 e. The summed E-state index contributed by atoms with van der Waals surface area (Å²) in [6, 6.07) is 0. The molecule has 0 bridgehead atoms. The van der Waals surface area contributed by atoms with E-state index in [0.717, 1.165) is 0 Å². The van der Waals surface area contributed by atoms with Crippen molar-refractivity contribution in [2.75, 3.05) is 13.2 Å². The van der Waals surface area contributed by atoms with Gasteiger partial charge in [-0.2, -0.15) is 0 Å². The topological polar surface area (TPSA) is 52.6 Å². The highest BCUT2D eigenvalue weighted by Crippen LogP contribution is 2.04. The molecular weight excluding hydrogens is 252 g/mol. The average Bonchev–Trinajstić information content (AvgIpc) is 2.15. The molecule has 0 amide bonds. The van der Waals surface area contributed by atoms with Crippen molar-refractivity contribution < 1.29 is 18.4 Å². The molecule has 0 aromatic heterocycles. The molecule has 0 fully saturated rings. The first kappa shape index (κ1) is 16.7. The highest BCUT2D eigenvalue weighted by molar-refractivity contribution is 6.69. The van der Waals surface area contributed by atoms with Crippen molar-refractivity contribution in [2.45, 2.75) is 45.5 Å². The Morgan fingerprint density at radius 2 is 1.59 bits per heavy atom. The molecule has 0 atom stereocenters. The Morgan fingerprint density at radius 1 is 1.06 bits per heavy atom. The van der Waals surface area contributed by atoms with E-state index in [9.17, 15) is 9.59 Å². The fourth-order valence-corrected chi connectivity index (χ4v) is 2.16. The van der Waals surface area contributed by atoms with E-state index >= 15 is 0 Å². The minimum atomic E-state index is -1.55. The van der Waals surface area contributed by atoms with Crippen molar-refractivity contribution in [3.8, 4) is 0 Å². The Labute approximate surface area is 107 Å². The number of carbonyl (C=O) groups excluding carboxylic acids is 2. The van der Waals surface area contributed by atoms with Crippen LogP contribution in [-0.4, -0.2) is 42.9 Å². The first-order valence-corrected chi connectivity index (χ1v) is 10.6. The van der Waals surface area contributed by atoms with Gasteiger partial charge in [0.25, 0.3) is 0 Å². The number of ketones is 2. The third kappa shape index (κ3) is 11.9. The molecule has 0 aromatic rings. The van der Waals surface area contributed by atoms with Crippen LogP contribution in [0.25, 0.3) is 0 Å². The van der Waals surface area contributed by atoms with E-state index in [0.29, 0.717) is 35.8 Å². The van der Waals surface area contributed by atoms with Crippen LogP contribution in [0, 0.1) is 0 Å². The maximum atomic E-state index is 11.4. The van der Waals surface area contributed by atoms with Crippen molar-refractivity contribution in [1.82, 2.24) is 0 Å². The largest absolute Gasteiger partial charge is 0.417 e. The molecule has 0 heterocycles. The predicted molar refractivity (Wildman–Crippen MR) is 70.7 cm³/mol. The van der Waals surface area contributed by atoms with E-state index in [1.54, 1.807) is 0 Å². The van der Waals surface area contributed by atoms with Gasteiger partial charge in [0.05, 0.1) is 6.42 Å². The zero-order valence-electron chi connectivity index (χ0n) is 11.2. The number of carbonyl (C=O) groups is 2. The van der Waals surface area contributed by atoms with Crippen LogP contribution in [0.4, 0.5) is 0 Å². The van der Waals surface area contributed by atoms with Gasteiger partial charge < -0.3 is 8.85 Å². The van der Waals surface area contributed by atoms with E-state index in [-0.39, 0.29) is 18.0 Å². The molecule has 0 aromatic carbocycles. The second kappa shape index (κ2) is 8.74. The zero-order chi connectivity index (χ0) is 13.3. The van der Waals surface area contributed by atoms with E-state index in [1.165, 1.54) is 0 Å². The van der Waals surface area contributed by atoms with Crippen molar-refractivity contribution in [3.05, 3.63) is 0 Å². The second-order valence-corrected chi connectivity index (χ2v) is 9.98. The summed E-state index contributed by atoms with van der Waals surface area (Å²) in [6.45, 7) is 8.99. The van der Waals surface area contributed by atoms with Crippen LogP contribution < -0.4 is 0 Å². The Kier molecular flexibility index (Phi) is 8.58. The standard InChI is InChI=1S/C11H22O4Si2/c1-16-14-7-5-10(12)9-11(13)6-8-15-17(2,3)4/h5-9H2,1-4H3. The molecule has 0 spiro atoms. The maximum Gasteiger partial charge on any atom is 0.226 e. The summed E-state index contributed by atoms with van der Waals surface area (Å²) in [4.78, 5) is 22.8. The van der Waals surface area contributed by atoms with E-state index in [1.807, 2.05) is 6.55 Å². The minimum absolute atomic E-state index is 0.0191. The van der Waals surface area contributed by atoms with Gasteiger partial charge in [-0.3, -0.25) is 9.59 Å². The van der Waals surface area contributed by atoms with Crippen molar-refractivity contribution >= 4 is 29.6 Å². The Hall–Kier alpha value is -0.306. The van der Waals surface area contributed by atoms with Gasteiger partial charge in [-0.05, 0) is 26.2 Å². The highest BCUT2D eigenvalue weighted by Gasteiger charge is 2.15. The highest BCUT2D eigenvalue weighted by atomic mass is 28.4. The zero-order valence-corrected chi connectivity index (χ0v) is 13.2. The molecule has 0 aliphatic heterocycles. The summed E-state index contributed by atoms with van der Waals surface area (Å²) in [6.07, 6.45) is 0.694. The van der Waals surface area contributed by atoms with Crippen LogP contribution >= 0.6 is 0 Å². The van der Waals surface area contributed by atoms with Crippen molar-refractivity contribution in [1.29, 1.82) is 0 Å². The summed E-state index contributed by atoms with van der Waals surface area (Å²) in [5.74, 6) is -0.0755. The quantitative estimate of drug-likeness (QED) is 0.346. The number of rotatable bonds is 10. The third-order valence-electron chi connectivity index (χ3n) is 1.94. The summed E-state index contributed by atoms with van der Waals surface area (Å²) in [5, 5.41) is 0. The molecule has 0 N–H and O–H groups in total. The van der Waals surface area contributed by atoms with Gasteiger partial charge in [0.2, 0.25) is 9.76 Å². The van der Waals surface area contributed by atoms with E-state index < -0.39 is 8.32 Å². The SMILES string of the molecule is C[Si]OCCC(=O)CC(=O)CCO[Si](C)(C)C. The van der Waals surface area contributed by atoms with Crippen LogP contribution in [0.15, 0.2) is 0 Å². The third-order valence-corrected chi connectivity index (χ3v) is 3.50. The molecule has 2 radical (unpaired) electrons. The Bertz CT molecular complexity index is 248. The first-order chi connectivity index (χ1) is 7.85. The van der Waals surface area contributed by atoms with Gasteiger partial charge in [0.15, 0.2) is 8.32 Å².